The van der Waals surface area contributed by atoms with Gasteiger partial charge in [0.05, 0.1) is 12.0 Å². The van der Waals surface area contributed by atoms with Crippen LogP contribution in [-0.4, -0.2) is 27.5 Å². The van der Waals surface area contributed by atoms with Crippen molar-refractivity contribution in [3.63, 3.8) is 0 Å². The molecule has 3 rings (SSSR count). The summed E-state index contributed by atoms with van der Waals surface area (Å²) in [6, 6.07) is 5.12. The highest BCUT2D eigenvalue weighted by Gasteiger charge is 2.11. The minimum absolute atomic E-state index is 0.0617. The molecule has 8 heteroatoms. The molecule has 7 nitrogen and oxygen atoms in total. The smallest absolute Gasteiger partial charge is 0.250 e. The molecule has 3 heterocycles. The zero-order valence-electron chi connectivity index (χ0n) is 14.4. The van der Waals surface area contributed by atoms with E-state index in [2.05, 4.69) is 15.0 Å². The van der Waals surface area contributed by atoms with Gasteiger partial charge in [-0.05, 0) is 25.1 Å². The predicted octanol–water partition coefficient (Wildman–Crippen LogP) is 2.80. The molecule has 0 unspecified atom stereocenters. The number of nitrogens with two attached hydrogens (primary N) is 1. The molecule has 136 valence electrons. The van der Waals surface area contributed by atoms with Crippen LogP contribution in [0.2, 0.25) is 0 Å². The van der Waals surface area contributed by atoms with E-state index in [0.717, 1.165) is 10.9 Å². The first-order valence-corrected chi connectivity index (χ1v) is 8.11. The lowest BCUT2D eigenvalue weighted by Gasteiger charge is -2.08. The highest BCUT2D eigenvalue weighted by Crippen LogP contribution is 2.27. The highest BCUT2D eigenvalue weighted by atomic mass is 19.1. The number of nitriles is 1. The number of halogens is 1. The Balaban J connectivity index is 1.91. The Kier molecular flexibility index (Phi) is 5.13. The van der Waals surface area contributed by atoms with Gasteiger partial charge in [-0.2, -0.15) is 5.26 Å². The van der Waals surface area contributed by atoms with Gasteiger partial charge in [0.15, 0.2) is 5.82 Å². The van der Waals surface area contributed by atoms with Crippen LogP contribution in [-0.2, 0) is 4.79 Å². The average Bonchev–Trinajstić information content (AvgIpc) is 3.07. The van der Waals surface area contributed by atoms with Crippen molar-refractivity contribution in [2.75, 3.05) is 6.61 Å². The number of nitrogens with zero attached hydrogens (tertiary/aromatic N) is 3. The fourth-order valence-electron chi connectivity index (χ4n) is 2.42. The predicted molar refractivity (Wildman–Crippen MR) is 97.8 cm³/mol. The fraction of sp³-hybridized carbons (Fsp3) is 0.158. The number of nitrogens with one attached hydrogen (secondary N) is 1. The quantitative estimate of drug-likeness (QED) is 0.651. The van der Waals surface area contributed by atoms with Crippen molar-refractivity contribution in [1.29, 1.82) is 5.26 Å². The molecule has 0 radical (unpaired) electrons. The lowest BCUT2D eigenvalue weighted by atomic mass is 10.1. The third-order valence-electron chi connectivity index (χ3n) is 3.82. The largest absolute Gasteiger partial charge is 0.474 e. The van der Waals surface area contributed by atoms with E-state index in [4.69, 9.17) is 15.7 Å². The number of primary amides is 1. The van der Waals surface area contributed by atoms with Crippen LogP contribution in [0.5, 0.6) is 5.88 Å². The molecule has 1 amide bonds. The highest BCUT2D eigenvalue weighted by molar-refractivity contribution is 5.95. The van der Waals surface area contributed by atoms with E-state index in [1.807, 2.05) is 12.1 Å². The number of hydrogen-bond donors (Lipinski definition) is 2. The molecule has 0 aromatic carbocycles. The summed E-state index contributed by atoms with van der Waals surface area (Å²) in [5, 5.41) is 9.51. The van der Waals surface area contributed by atoms with Crippen LogP contribution in [0.1, 0.15) is 12.5 Å². The van der Waals surface area contributed by atoms with Gasteiger partial charge in [-0.15, -0.1) is 0 Å². The number of aromatic nitrogens is 3. The zero-order valence-corrected chi connectivity index (χ0v) is 14.4. The number of carbonyl (C=O) groups excluding carboxylic acids is 1. The van der Waals surface area contributed by atoms with E-state index in [1.165, 1.54) is 18.3 Å². The van der Waals surface area contributed by atoms with Crippen molar-refractivity contribution in [3.05, 3.63) is 48.2 Å². The Morgan fingerprint density at radius 3 is 2.85 bits per heavy atom. The molecule has 0 aliphatic heterocycles. The van der Waals surface area contributed by atoms with Crippen molar-refractivity contribution in [3.8, 4) is 23.1 Å². The summed E-state index contributed by atoms with van der Waals surface area (Å²) in [5.41, 5.74) is 7.66. The monoisotopic (exact) mass is 365 g/mol. The second kappa shape index (κ2) is 7.66. The summed E-state index contributed by atoms with van der Waals surface area (Å²) in [5.74, 6) is -1.69. The van der Waals surface area contributed by atoms with Crippen molar-refractivity contribution < 1.29 is 13.9 Å². The average molecular weight is 365 g/mol. The Hall–Kier alpha value is -3.73. The number of H-pyrrole nitrogens is 1. The van der Waals surface area contributed by atoms with Gasteiger partial charge in [-0.1, -0.05) is 0 Å². The number of fused-ring (bicyclic) bond motifs is 1. The molecule has 1 atom stereocenters. The molecule has 0 saturated carbocycles. The SMILES string of the molecule is C[C@H](C#N)COc1ncc(-c2cnc3[nH]cc(/C=C/C(N)=O)c3c2)cc1F. The summed E-state index contributed by atoms with van der Waals surface area (Å²) in [4.78, 5) is 22.2. The molecule has 3 N–H and O–H groups in total. The molecule has 0 saturated heterocycles. The number of ether oxygens (including phenoxy) is 1. The number of aromatic amines is 1. The van der Waals surface area contributed by atoms with Gasteiger partial charge < -0.3 is 15.5 Å². The zero-order chi connectivity index (χ0) is 19.4. The maximum absolute atomic E-state index is 14.3. The van der Waals surface area contributed by atoms with Crippen molar-refractivity contribution in [2.45, 2.75) is 6.92 Å². The van der Waals surface area contributed by atoms with E-state index in [1.54, 1.807) is 25.4 Å². The topological polar surface area (TPSA) is 118 Å². The van der Waals surface area contributed by atoms with Gasteiger partial charge >= 0.3 is 0 Å². The standard InChI is InChI=1S/C19H16FN5O2/c1-11(6-21)10-27-19-16(20)5-14(9-25-19)13-4-15-12(2-3-17(22)26)7-23-18(15)24-8-13/h2-5,7-9,11H,10H2,1H3,(H2,22,26)(H,23,24)/b3-2+/t11-/m1/s1. The number of amides is 1. The Labute approximate surface area is 154 Å². The van der Waals surface area contributed by atoms with E-state index in [-0.39, 0.29) is 18.4 Å². The van der Waals surface area contributed by atoms with E-state index in [9.17, 15) is 9.18 Å². The van der Waals surface area contributed by atoms with Crippen molar-refractivity contribution in [1.82, 2.24) is 15.0 Å². The summed E-state index contributed by atoms with van der Waals surface area (Å²) in [7, 11) is 0. The fourth-order valence-corrected chi connectivity index (χ4v) is 2.42. The number of carbonyl (C=O) groups is 1. The molecule has 0 spiro atoms. The van der Waals surface area contributed by atoms with Gasteiger partial charge in [-0.25, -0.2) is 14.4 Å². The van der Waals surface area contributed by atoms with E-state index >= 15 is 0 Å². The molecular weight excluding hydrogens is 349 g/mol. The number of hydrogen-bond acceptors (Lipinski definition) is 5. The van der Waals surface area contributed by atoms with Crippen LogP contribution in [0.15, 0.2) is 36.8 Å². The lowest BCUT2D eigenvalue weighted by molar-refractivity contribution is -0.113. The number of rotatable bonds is 6. The summed E-state index contributed by atoms with van der Waals surface area (Å²) >= 11 is 0. The molecular formula is C19H16FN5O2. The summed E-state index contributed by atoms with van der Waals surface area (Å²) in [6.07, 6.45) is 7.61. The molecule has 0 bridgehead atoms. The van der Waals surface area contributed by atoms with Crippen LogP contribution < -0.4 is 10.5 Å². The third kappa shape index (κ3) is 4.10. The Bertz CT molecular complexity index is 1070. The maximum atomic E-state index is 14.3. The molecule has 0 aliphatic rings. The first kappa shape index (κ1) is 18.1. The van der Waals surface area contributed by atoms with Crippen LogP contribution in [0, 0.1) is 23.1 Å². The van der Waals surface area contributed by atoms with Gasteiger partial charge in [0.2, 0.25) is 11.8 Å². The summed E-state index contributed by atoms with van der Waals surface area (Å²) < 4.78 is 19.5. The molecule has 3 aromatic heterocycles. The first-order valence-electron chi connectivity index (χ1n) is 8.11. The minimum atomic E-state index is -0.624. The minimum Gasteiger partial charge on any atom is -0.474 e. The van der Waals surface area contributed by atoms with Crippen LogP contribution >= 0.6 is 0 Å². The van der Waals surface area contributed by atoms with Crippen LogP contribution in [0.3, 0.4) is 0 Å². The van der Waals surface area contributed by atoms with Gasteiger partial charge in [0, 0.05) is 46.7 Å². The number of pyridine rings is 2. The molecule has 0 fully saturated rings. The molecule has 0 aliphatic carbocycles. The van der Waals surface area contributed by atoms with Gasteiger partial charge in [0.25, 0.3) is 0 Å². The van der Waals surface area contributed by atoms with E-state index < -0.39 is 11.7 Å². The third-order valence-corrected chi connectivity index (χ3v) is 3.82. The van der Waals surface area contributed by atoms with Crippen molar-refractivity contribution in [2.24, 2.45) is 11.7 Å². The van der Waals surface area contributed by atoms with Gasteiger partial charge in [-0.3, -0.25) is 4.79 Å². The second-order valence-electron chi connectivity index (χ2n) is 5.95. The lowest BCUT2D eigenvalue weighted by Crippen LogP contribution is -2.08. The van der Waals surface area contributed by atoms with Crippen LogP contribution in [0.4, 0.5) is 4.39 Å². The second-order valence-corrected chi connectivity index (χ2v) is 5.95. The Morgan fingerprint density at radius 2 is 2.15 bits per heavy atom. The summed E-state index contributed by atoms with van der Waals surface area (Å²) in [6.45, 7) is 1.74. The maximum Gasteiger partial charge on any atom is 0.250 e. The molecule has 27 heavy (non-hydrogen) atoms. The normalized spacial score (nSPS) is 12.2. The Morgan fingerprint density at radius 1 is 1.41 bits per heavy atom. The van der Waals surface area contributed by atoms with Gasteiger partial charge in [0.1, 0.15) is 12.3 Å². The van der Waals surface area contributed by atoms with Crippen molar-refractivity contribution >= 4 is 23.0 Å². The first-order chi connectivity index (χ1) is 13.0. The van der Waals surface area contributed by atoms with E-state index in [0.29, 0.717) is 16.8 Å². The molecule has 3 aromatic rings. The van der Waals surface area contributed by atoms with Crippen LogP contribution in [0.25, 0.3) is 28.2 Å².